The molecular weight excluding hydrogens is 1040 g/mol. The van der Waals surface area contributed by atoms with Gasteiger partial charge in [-0.25, -0.2) is 22.1 Å². The van der Waals surface area contributed by atoms with Crippen LogP contribution >= 0.6 is 0 Å². The molecule has 0 amide bonds. The van der Waals surface area contributed by atoms with Gasteiger partial charge in [0.25, 0.3) is 0 Å². The SMILES string of the molecule is [C-]#Cn1cccc1.[C-]#Cn1cccc1.[Pt].[Pt].[c-]1cnc(Oc2ncnc(-c3ccccc3)n2)[c-]c1-c1[c-]cnc(Oc2ncnc(-c3ccccc3)n2)[c-]1. The number of nitrogens with zero attached hydrogens (tertiary/aromatic N) is 10. The second-order valence-corrected chi connectivity index (χ2v) is 9.94. The zero-order valence-corrected chi connectivity index (χ0v) is 32.2. The molecule has 0 aliphatic carbocycles. The summed E-state index contributed by atoms with van der Waals surface area (Å²) in [5.41, 5.74) is 2.61. The topological polar surface area (TPSA) is 131 Å². The number of rotatable bonds is 7. The molecule has 0 saturated carbocycles. The van der Waals surface area contributed by atoms with Crippen molar-refractivity contribution in [3.63, 3.8) is 0 Å². The summed E-state index contributed by atoms with van der Waals surface area (Å²) in [7, 11) is 0. The molecule has 0 aliphatic heterocycles. The molecule has 0 unspecified atom stereocenters. The molecule has 0 spiro atoms. The fourth-order valence-electron chi connectivity index (χ4n) is 4.14. The van der Waals surface area contributed by atoms with E-state index in [1.807, 2.05) is 84.9 Å². The molecule has 8 aromatic rings. The summed E-state index contributed by atoms with van der Waals surface area (Å²) in [6, 6.07) is 42.9. The van der Waals surface area contributed by atoms with Gasteiger partial charge >= 0.3 is 12.0 Å². The van der Waals surface area contributed by atoms with Gasteiger partial charge in [-0.2, -0.15) is 19.9 Å². The van der Waals surface area contributed by atoms with Crippen molar-refractivity contribution < 1.29 is 51.6 Å². The van der Waals surface area contributed by atoms with Crippen LogP contribution in [0.1, 0.15) is 0 Å². The van der Waals surface area contributed by atoms with Gasteiger partial charge in [-0.1, -0.05) is 60.7 Å². The second-order valence-electron chi connectivity index (χ2n) is 9.94. The maximum Gasteiger partial charge on any atom is 0.324 e. The summed E-state index contributed by atoms with van der Waals surface area (Å²) in [4.78, 5) is 33.6. The summed E-state index contributed by atoms with van der Waals surface area (Å²) in [6.07, 6.45) is 25.8. The first kappa shape index (κ1) is 40.2. The normalized spacial score (nSPS) is 9.52. The van der Waals surface area contributed by atoms with E-state index >= 15 is 0 Å². The number of hydrogen-bond donors (Lipinski definition) is 0. The quantitative estimate of drug-likeness (QED) is 0.131. The minimum absolute atomic E-state index is 0. The zero-order chi connectivity index (χ0) is 35.8. The Bertz CT molecular complexity index is 2230. The van der Waals surface area contributed by atoms with Crippen LogP contribution < -0.4 is 9.47 Å². The molecule has 0 fully saturated rings. The summed E-state index contributed by atoms with van der Waals surface area (Å²) in [6.45, 7) is 0. The van der Waals surface area contributed by atoms with E-state index in [1.54, 1.807) is 33.9 Å². The van der Waals surface area contributed by atoms with Gasteiger partial charge in [-0.3, -0.25) is 9.97 Å². The van der Waals surface area contributed by atoms with Crippen LogP contribution in [0.5, 0.6) is 23.8 Å². The monoisotopic (exact) mass is 1060 g/mol. The smallest absolute Gasteiger partial charge is 0.324 e. The number of aromatic nitrogens is 10. The molecule has 2 aromatic carbocycles. The van der Waals surface area contributed by atoms with Crippen LogP contribution in [0.4, 0.5) is 0 Å². The van der Waals surface area contributed by atoms with Crippen LogP contribution in [-0.4, -0.2) is 49.0 Å². The van der Waals surface area contributed by atoms with Crippen molar-refractivity contribution in [2.75, 3.05) is 0 Å². The van der Waals surface area contributed by atoms with Gasteiger partial charge in [-0.15, -0.1) is 12.4 Å². The van der Waals surface area contributed by atoms with Crippen LogP contribution in [0.25, 0.3) is 33.9 Å². The molecule has 0 saturated heterocycles. The molecule has 270 valence electrons. The van der Waals surface area contributed by atoms with Crippen LogP contribution in [0.15, 0.2) is 135 Å². The zero-order valence-electron chi connectivity index (χ0n) is 27.6. The Morgan fingerprint density at radius 3 is 1.24 bits per heavy atom. The number of pyridine rings is 2. The van der Waals surface area contributed by atoms with Gasteiger partial charge in [0.05, 0.1) is 11.8 Å². The van der Waals surface area contributed by atoms with Gasteiger partial charge in [0, 0.05) is 78.0 Å². The van der Waals surface area contributed by atoms with Crippen LogP contribution in [0, 0.1) is 49.2 Å². The van der Waals surface area contributed by atoms with Crippen LogP contribution in [0.3, 0.4) is 0 Å². The van der Waals surface area contributed by atoms with E-state index in [2.05, 4.69) is 76.2 Å². The average Bonchev–Trinajstić information content (AvgIpc) is 3.95. The van der Waals surface area contributed by atoms with Gasteiger partial charge < -0.3 is 66.8 Å². The first-order valence-corrected chi connectivity index (χ1v) is 15.2. The van der Waals surface area contributed by atoms with Crippen molar-refractivity contribution in [2.24, 2.45) is 0 Å². The van der Waals surface area contributed by atoms with Crippen molar-refractivity contribution in [1.82, 2.24) is 49.0 Å². The molecule has 0 radical (unpaired) electrons. The second kappa shape index (κ2) is 21.1. The Morgan fingerprint density at radius 1 is 0.500 bits per heavy atom. The summed E-state index contributed by atoms with van der Waals surface area (Å²) >= 11 is 0. The van der Waals surface area contributed by atoms with Gasteiger partial charge in [0.2, 0.25) is 0 Å². The molecule has 14 heteroatoms. The van der Waals surface area contributed by atoms with Gasteiger partial charge in [0.1, 0.15) is 12.7 Å². The van der Waals surface area contributed by atoms with E-state index in [0.717, 1.165) is 11.1 Å². The van der Waals surface area contributed by atoms with Crippen LogP contribution in [-0.2, 0) is 42.1 Å². The number of hydrogen-bond acceptors (Lipinski definition) is 10. The molecule has 54 heavy (non-hydrogen) atoms. The minimum atomic E-state index is 0. The van der Waals surface area contributed by atoms with E-state index in [9.17, 15) is 0 Å². The fourth-order valence-corrected chi connectivity index (χ4v) is 4.14. The maximum atomic E-state index is 6.57. The molecule has 6 aromatic heterocycles. The van der Waals surface area contributed by atoms with Gasteiger partial charge in [-0.05, 0) is 24.3 Å². The minimum Gasteiger partial charge on any atom is -0.669 e. The van der Waals surface area contributed by atoms with E-state index in [-0.39, 0.29) is 65.9 Å². The Morgan fingerprint density at radius 2 is 0.889 bits per heavy atom. The molecule has 0 N–H and O–H groups in total. The molecule has 0 aliphatic rings. The summed E-state index contributed by atoms with van der Waals surface area (Å²) in [5.74, 6) is 1.22. The van der Waals surface area contributed by atoms with E-state index in [4.69, 9.17) is 22.3 Å². The number of ether oxygens (including phenoxy) is 2. The molecule has 0 atom stereocenters. The van der Waals surface area contributed by atoms with Crippen molar-refractivity contribution in [3.8, 4) is 69.8 Å². The first-order chi connectivity index (χ1) is 25.7. The van der Waals surface area contributed by atoms with Crippen molar-refractivity contribution in [3.05, 3.63) is 172 Å². The Balaban J connectivity index is 0.000000340. The maximum absolute atomic E-state index is 6.57. The Kier molecular flexibility index (Phi) is 15.7. The summed E-state index contributed by atoms with van der Waals surface area (Å²) < 4.78 is 14.5. The molecule has 8 rings (SSSR count). The average molecular weight is 1060 g/mol. The van der Waals surface area contributed by atoms with Crippen LogP contribution in [0.2, 0.25) is 0 Å². The Labute approximate surface area is 340 Å². The molecular formula is C40H22N10O2Pt2-6. The van der Waals surface area contributed by atoms with Crippen molar-refractivity contribution in [1.29, 1.82) is 0 Å². The fraction of sp³-hybridized carbons (Fsp3) is 0. The third-order valence-corrected chi connectivity index (χ3v) is 6.50. The first-order valence-electron chi connectivity index (χ1n) is 15.2. The molecule has 0 bridgehead atoms. The Hall–Kier alpha value is -6.58. The van der Waals surface area contributed by atoms with E-state index < -0.39 is 0 Å². The standard InChI is InChI=1S/C28H14N8O2.2C6H4N.2Pt/c1-3-7-19(8-4-1)25-31-17-33-27(35-25)37-23-15-21(11-13-29-23)22-12-14-30-24(16-22)38-28-34-18-32-26(36-28)20-9-5-2-6-10-20;2*1-2-7-5-3-4-6-7;;/h1-10,13-14,17-18H;2*3-6H;;/q-4;2*-1;;. The van der Waals surface area contributed by atoms with Gasteiger partial charge in [0.15, 0.2) is 11.6 Å². The predicted octanol–water partition coefficient (Wildman–Crippen LogP) is 6.39. The third-order valence-electron chi connectivity index (χ3n) is 6.50. The largest absolute Gasteiger partial charge is 0.669 e. The van der Waals surface area contributed by atoms with E-state index in [0.29, 0.717) is 22.8 Å². The number of benzene rings is 2. The summed E-state index contributed by atoms with van der Waals surface area (Å²) in [5, 5.41) is 0. The third kappa shape index (κ3) is 11.7. The van der Waals surface area contributed by atoms with E-state index in [1.165, 1.54) is 25.0 Å². The molecule has 12 nitrogen and oxygen atoms in total. The van der Waals surface area contributed by atoms with Crippen molar-refractivity contribution in [2.45, 2.75) is 0 Å². The van der Waals surface area contributed by atoms with Crippen molar-refractivity contribution >= 4 is 0 Å². The molecule has 6 heterocycles. The predicted molar refractivity (Wildman–Crippen MR) is 187 cm³/mol.